The Morgan fingerprint density at radius 1 is 1.30 bits per heavy atom. The SMILES string of the molecule is CN(C)CC[C@H]1CCCCN1Cc1cc(F)cc(Cl)c1. The second-order valence-electron chi connectivity index (χ2n) is 5.99. The molecule has 1 fully saturated rings. The van der Waals surface area contributed by atoms with Gasteiger partial charge >= 0.3 is 0 Å². The Morgan fingerprint density at radius 2 is 2.10 bits per heavy atom. The predicted molar refractivity (Wildman–Crippen MR) is 82.6 cm³/mol. The molecular formula is C16H24ClFN2. The van der Waals surface area contributed by atoms with Crippen molar-refractivity contribution in [3.05, 3.63) is 34.6 Å². The van der Waals surface area contributed by atoms with E-state index in [0.29, 0.717) is 11.1 Å². The van der Waals surface area contributed by atoms with Gasteiger partial charge in [0.25, 0.3) is 0 Å². The quantitative estimate of drug-likeness (QED) is 0.816. The highest BCUT2D eigenvalue weighted by molar-refractivity contribution is 6.30. The monoisotopic (exact) mass is 298 g/mol. The lowest BCUT2D eigenvalue weighted by Gasteiger charge is -2.36. The average molecular weight is 299 g/mol. The molecule has 0 N–H and O–H groups in total. The first kappa shape index (κ1) is 15.7. The Kier molecular flexibility index (Phi) is 5.82. The van der Waals surface area contributed by atoms with Gasteiger partial charge in [-0.05, 0) is 70.2 Å². The summed E-state index contributed by atoms with van der Waals surface area (Å²) in [4.78, 5) is 4.71. The fourth-order valence-corrected chi connectivity index (χ4v) is 3.18. The number of hydrogen-bond acceptors (Lipinski definition) is 2. The van der Waals surface area contributed by atoms with Crippen molar-refractivity contribution >= 4 is 11.6 Å². The van der Waals surface area contributed by atoms with Crippen molar-refractivity contribution in [1.29, 1.82) is 0 Å². The van der Waals surface area contributed by atoms with E-state index in [9.17, 15) is 4.39 Å². The van der Waals surface area contributed by atoms with Crippen LogP contribution >= 0.6 is 11.6 Å². The maximum absolute atomic E-state index is 13.4. The first-order chi connectivity index (χ1) is 9.54. The molecule has 0 bridgehead atoms. The first-order valence-electron chi connectivity index (χ1n) is 7.38. The zero-order chi connectivity index (χ0) is 14.5. The molecule has 1 aromatic carbocycles. The topological polar surface area (TPSA) is 6.48 Å². The molecule has 1 saturated heterocycles. The van der Waals surface area contributed by atoms with Gasteiger partial charge < -0.3 is 4.90 Å². The third-order valence-electron chi connectivity index (χ3n) is 3.97. The molecule has 20 heavy (non-hydrogen) atoms. The van der Waals surface area contributed by atoms with Crippen LogP contribution in [0.3, 0.4) is 0 Å². The summed E-state index contributed by atoms with van der Waals surface area (Å²) >= 11 is 5.94. The Morgan fingerprint density at radius 3 is 2.80 bits per heavy atom. The van der Waals surface area contributed by atoms with Crippen LogP contribution in [-0.2, 0) is 6.54 Å². The van der Waals surface area contributed by atoms with E-state index in [1.165, 1.54) is 31.7 Å². The molecule has 2 nitrogen and oxygen atoms in total. The van der Waals surface area contributed by atoms with Gasteiger partial charge in [-0.15, -0.1) is 0 Å². The van der Waals surface area contributed by atoms with Crippen LogP contribution in [0.15, 0.2) is 18.2 Å². The number of nitrogens with zero attached hydrogens (tertiary/aromatic N) is 2. The van der Waals surface area contributed by atoms with Crippen molar-refractivity contribution in [3.8, 4) is 0 Å². The molecule has 1 atom stereocenters. The van der Waals surface area contributed by atoms with Gasteiger partial charge in [0, 0.05) is 17.6 Å². The number of benzene rings is 1. The van der Waals surface area contributed by atoms with Crippen LogP contribution < -0.4 is 0 Å². The first-order valence-corrected chi connectivity index (χ1v) is 7.76. The van der Waals surface area contributed by atoms with Crippen molar-refractivity contribution in [2.75, 3.05) is 27.2 Å². The Bertz CT molecular complexity index is 416. The lowest BCUT2D eigenvalue weighted by Crippen LogP contribution is -2.40. The molecule has 0 unspecified atom stereocenters. The fourth-order valence-electron chi connectivity index (χ4n) is 2.94. The van der Waals surface area contributed by atoms with Crippen molar-refractivity contribution in [2.24, 2.45) is 0 Å². The summed E-state index contributed by atoms with van der Waals surface area (Å²) in [7, 11) is 4.22. The zero-order valence-corrected chi connectivity index (χ0v) is 13.2. The fraction of sp³-hybridized carbons (Fsp3) is 0.625. The van der Waals surface area contributed by atoms with E-state index < -0.39 is 0 Å². The lowest BCUT2D eigenvalue weighted by atomic mass is 9.98. The third kappa shape index (κ3) is 4.72. The van der Waals surface area contributed by atoms with Crippen molar-refractivity contribution < 1.29 is 4.39 Å². The van der Waals surface area contributed by atoms with Gasteiger partial charge in [0.05, 0.1) is 0 Å². The maximum Gasteiger partial charge on any atom is 0.125 e. The highest BCUT2D eigenvalue weighted by Gasteiger charge is 2.22. The van der Waals surface area contributed by atoms with E-state index in [4.69, 9.17) is 11.6 Å². The molecule has 2 rings (SSSR count). The highest BCUT2D eigenvalue weighted by atomic mass is 35.5. The molecule has 0 spiro atoms. The Balaban J connectivity index is 2.00. The molecule has 0 amide bonds. The minimum atomic E-state index is -0.241. The Labute approximate surface area is 126 Å². The number of likely N-dealkylation sites (tertiary alicyclic amines) is 1. The second-order valence-corrected chi connectivity index (χ2v) is 6.43. The summed E-state index contributed by atoms with van der Waals surface area (Å²) in [6.45, 7) is 3.01. The van der Waals surface area contributed by atoms with Crippen LogP contribution in [-0.4, -0.2) is 43.0 Å². The van der Waals surface area contributed by atoms with Crippen LogP contribution in [0.25, 0.3) is 0 Å². The van der Waals surface area contributed by atoms with Gasteiger partial charge in [0.2, 0.25) is 0 Å². The molecular weight excluding hydrogens is 275 g/mol. The van der Waals surface area contributed by atoms with E-state index in [1.54, 1.807) is 6.07 Å². The third-order valence-corrected chi connectivity index (χ3v) is 4.18. The van der Waals surface area contributed by atoms with Gasteiger partial charge in [0.1, 0.15) is 5.82 Å². The molecule has 1 heterocycles. The molecule has 1 aromatic rings. The number of rotatable bonds is 5. The standard InChI is InChI=1S/C16H24ClFN2/c1-19(2)8-6-16-5-3-4-7-20(16)12-13-9-14(17)11-15(18)10-13/h9-11,16H,3-8,12H2,1-2H3/t16-/m1/s1. The smallest absolute Gasteiger partial charge is 0.125 e. The van der Waals surface area contributed by atoms with Gasteiger partial charge in [-0.2, -0.15) is 0 Å². The van der Waals surface area contributed by atoms with E-state index in [2.05, 4.69) is 23.9 Å². The van der Waals surface area contributed by atoms with E-state index in [0.717, 1.165) is 25.2 Å². The van der Waals surface area contributed by atoms with Crippen LogP contribution in [0.4, 0.5) is 4.39 Å². The predicted octanol–water partition coefficient (Wildman–Crippen LogP) is 3.79. The van der Waals surface area contributed by atoms with Crippen molar-refractivity contribution in [3.63, 3.8) is 0 Å². The largest absolute Gasteiger partial charge is 0.309 e. The lowest BCUT2D eigenvalue weighted by molar-refractivity contribution is 0.124. The van der Waals surface area contributed by atoms with E-state index in [1.807, 2.05) is 6.07 Å². The van der Waals surface area contributed by atoms with Crippen LogP contribution in [0.2, 0.25) is 5.02 Å². The molecule has 4 heteroatoms. The summed E-state index contributed by atoms with van der Waals surface area (Å²) in [6, 6.07) is 5.45. The van der Waals surface area contributed by atoms with Gasteiger partial charge in [-0.25, -0.2) is 4.39 Å². The second kappa shape index (κ2) is 7.39. The Hall–Kier alpha value is -0.640. The van der Waals surface area contributed by atoms with Crippen LogP contribution in [0.5, 0.6) is 0 Å². The van der Waals surface area contributed by atoms with Gasteiger partial charge in [0.15, 0.2) is 0 Å². The molecule has 0 aliphatic carbocycles. The van der Waals surface area contributed by atoms with Crippen LogP contribution in [0, 0.1) is 5.82 Å². The molecule has 112 valence electrons. The van der Waals surface area contributed by atoms with Crippen molar-refractivity contribution in [2.45, 2.75) is 38.3 Å². The maximum atomic E-state index is 13.4. The number of piperidine rings is 1. The highest BCUT2D eigenvalue weighted by Crippen LogP contribution is 2.23. The van der Waals surface area contributed by atoms with Gasteiger partial charge in [-0.1, -0.05) is 18.0 Å². The molecule has 0 radical (unpaired) electrons. The van der Waals surface area contributed by atoms with Gasteiger partial charge in [-0.3, -0.25) is 4.90 Å². The normalized spacial score (nSPS) is 20.6. The molecule has 1 aliphatic rings. The zero-order valence-electron chi connectivity index (χ0n) is 12.4. The number of hydrogen-bond donors (Lipinski definition) is 0. The molecule has 0 aromatic heterocycles. The van der Waals surface area contributed by atoms with E-state index >= 15 is 0 Å². The minimum absolute atomic E-state index is 0.241. The average Bonchev–Trinajstić information content (AvgIpc) is 2.36. The summed E-state index contributed by atoms with van der Waals surface area (Å²) in [5.41, 5.74) is 0.978. The van der Waals surface area contributed by atoms with E-state index in [-0.39, 0.29) is 5.82 Å². The summed E-state index contributed by atoms with van der Waals surface area (Å²) in [6.07, 6.45) is 4.97. The van der Waals surface area contributed by atoms with Crippen LogP contribution in [0.1, 0.15) is 31.2 Å². The summed E-state index contributed by atoms with van der Waals surface area (Å²) in [5, 5.41) is 0.488. The summed E-state index contributed by atoms with van der Waals surface area (Å²) < 4.78 is 13.4. The number of halogens is 2. The molecule has 0 saturated carbocycles. The summed E-state index contributed by atoms with van der Waals surface area (Å²) in [5.74, 6) is -0.241. The minimum Gasteiger partial charge on any atom is -0.309 e. The van der Waals surface area contributed by atoms with Crippen molar-refractivity contribution in [1.82, 2.24) is 9.80 Å². The molecule has 1 aliphatic heterocycles.